The van der Waals surface area contributed by atoms with Crippen molar-refractivity contribution in [3.63, 3.8) is 0 Å². The van der Waals surface area contributed by atoms with Crippen molar-refractivity contribution in [1.82, 2.24) is 0 Å². The van der Waals surface area contributed by atoms with E-state index in [0.717, 1.165) is 0 Å². The molecule has 0 aromatic heterocycles. The Kier molecular flexibility index (Phi) is 6.43. The Balaban J connectivity index is 3.13. The summed E-state index contributed by atoms with van der Waals surface area (Å²) in [6.07, 6.45) is 4.38. The third kappa shape index (κ3) is 5.24. The lowest BCUT2D eigenvalue weighted by Gasteiger charge is -2.11. The van der Waals surface area contributed by atoms with E-state index in [9.17, 15) is 0 Å². The van der Waals surface area contributed by atoms with Gasteiger partial charge in [-0.05, 0) is 0 Å². The molecule has 0 aliphatic carbocycles. The van der Waals surface area contributed by atoms with Crippen LogP contribution in [0.4, 0.5) is 0 Å². The van der Waals surface area contributed by atoms with Crippen LogP contribution in [0.25, 0.3) is 0 Å². The van der Waals surface area contributed by atoms with Gasteiger partial charge in [-0.2, -0.15) is 0 Å². The SMILES string of the molecule is CCCCC[SiH](C)[SiH](C)C. The molecule has 0 nitrogen and oxygen atoms in total. The highest BCUT2D eigenvalue weighted by Crippen LogP contribution is 2.05. The molecular weight excluding hydrogens is 152 g/mol. The molecule has 0 aromatic rings. The van der Waals surface area contributed by atoms with Gasteiger partial charge in [0.15, 0.2) is 0 Å². The van der Waals surface area contributed by atoms with Crippen molar-refractivity contribution in [1.29, 1.82) is 0 Å². The Morgan fingerprint density at radius 1 is 1.00 bits per heavy atom. The molecule has 0 aliphatic heterocycles. The second-order valence-corrected chi connectivity index (χ2v) is 16.2. The Bertz CT molecular complexity index is 71.7. The second-order valence-electron chi connectivity index (χ2n) is 3.72. The smallest absolute Gasteiger partial charge is 0.0244 e. The van der Waals surface area contributed by atoms with Crippen LogP contribution >= 0.6 is 0 Å². The predicted molar refractivity (Wildman–Crippen MR) is 56.2 cm³/mol. The molecule has 10 heavy (non-hydrogen) atoms. The molecule has 1 atom stereocenters. The van der Waals surface area contributed by atoms with Crippen LogP contribution < -0.4 is 0 Å². The lowest BCUT2D eigenvalue weighted by atomic mass is 10.3. The van der Waals surface area contributed by atoms with Gasteiger partial charge >= 0.3 is 0 Å². The van der Waals surface area contributed by atoms with Crippen LogP contribution in [0.2, 0.25) is 25.7 Å². The zero-order chi connectivity index (χ0) is 7.98. The largest absolute Gasteiger partial charge is 0.0743 e. The Morgan fingerprint density at radius 3 is 2.00 bits per heavy atom. The average Bonchev–Trinajstić information content (AvgIpc) is 1.88. The quantitative estimate of drug-likeness (QED) is 0.444. The van der Waals surface area contributed by atoms with E-state index < -0.39 is 0 Å². The monoisotopic (exact) mass is 174 g/mol. The minimum atomic E-state index is -0.168. The highest BCUT2D eigenvalue weighted by molar-refractivity contribution is 7.20. The highest BCUT2D eigenvalue weighted by atomic mass is 29.2. The summed E-state index contributed by atoms with van der Waals surface area (Å²) in [7, 11) is -0.337. The summed E-state index contributed by atoms with van der Waals surface area (Å²) in [5.74, 6) is 0. The van der Waals surface area contributed by atoms with Crippen molar-refractivity contribution >= 4 is 16.6 Å². The standard InChI is InChI=1S/C8H22Si2/c1-5-6-7-8-10(4)9(2)3/h9-10H,5-8H2,1-4H3. The maximum atomic E-state index is 2.56. The van der Waals surface area contributed by atoms with Crippen molar-refractivity contribution in [3.05, 3.63) is 0 Å². The maximum absolute atomic E-state index is 2.56. The van der Waals surface area contributed by atoms with Crippen LogP contribution in [-0.2, 0) is 0 Å². The number of hydrogen-bond donors (Lipinski definition) is 0. The summed E-state index contributed by atoms with van der Waals surface area (Å²) in [5.41, 5.74) is 0. The lowest BCUT2D eigenvalue weighted by molar-refractivity contribution is 0.768. The maximum Gasteiger partial charge on any atom is 0.0244 e. The fourth-order valence-corrected chi connectivity index (χ4v) is 5.36. The normalized spacial score (nSPS) is 14.1. The summed E-state index contributed by atoms with van der Waals surface area (Å²) in [6.45, 7) is 9.89. The molecule has 0 saturated carbocycles. The average molecular weight is 174 g/mol. The number of hydrogen-bond acceptors (Lipinski definition) is 0. The van der Waals surface area contributed by atoms with Crippen LogP contribution in [0.5, 0.6) is 0 Å². The third-order valence-corrected chi connectivity index (χ3v) is 13.8. The van der Waals surface area contributed by atoms with Crippen molar-refractivity contribution in [3.8, 4) is 0 Å². The fraction of sp³-hybridized carbons (Fsp3) is 1.00. The van der Waals surface area contributed by atoms with Gasteiger partial charge in [0.2, 0.25) is 0 Å². The zero-order valence-electron chi connectivity index (χ0n) is 7.98. The zero-order valence-corrected chi connectivity index (χ0v) is 10.3. The molecule has 62 valence electrons. The van der Waals surface area contributed by atoms with Crippen molar-refractivity contribution < 1.29 is 0 Å². The second kappa shape index (κ2) is 6.16. The molecule has 0 rings (SSSR count). The Morgan fingerprint density at radius 2 is 1.60 bits per heavy atom. The molecule has 0 N–H and O–H groups in total. The summed E-state index contributed by atoms with van der Waals surface area (Å²) >= 11 is 0. The van der Waals surface area contributed by atoms with E-state index in [2.05, 4.69) is 26.6 Å². The van der Waals surface area contributed by atoms with Crippen molar-refractivity contribution in [2.45, 2.75) is 51.9 Å². The van der Waals surface area contributed by atoms with Gasteiger partial charge in [-0.3, -0.25) is 0 Å². The molecule has 0 saturated heterocycles. The Hall–Kier alpha value is 0.434. The minimum absolute atomic E-state index is 0.168. The summed E-state index contributed by atoms with van der Waals surface area (Å²) < 4.78 is 0. The first kappa shape index (κ1) is 10.4. The van der Waals surface area contributed by atoms with Gasteiger partial charge in [0.25, 0.3) is 0 Å². The van der Waals surface area contributed by atoms with E-state index >= 15 is 0 Å². The molecule has 2 heteroatoms. The van der Waals surface area contributed by atoms with E-state index in [0.29, 0.717) is 0 Å². The van der Waals surface area contributed by atoms with Crippen molar-refractivity contribution in [2.24, 2.45) is 0 Å². The number of rotatable bonds is 5. The molecule has 0 fully saturated rings. The summed E-state index contributed by atoms with van der Waals surface area (Å²) in [5, 5.41) is 0. The lowest BCUT2D eigenvalue weighted by Crippen LogP contribution is -2.25. The van der Waals surface area contributed by atoms with Gasteiger partial charge < -0.3 is 0 Å². The van der Waals surface area contributed by atoms with Gasteiger partial charge in [0.05, 0.1) is 0 Å². The summed E-state index contributed by atoms with van der Waals surface area (Å²) in [4.78, 5) is 0. The molecule has 0 aromatic carbocycles. The van der Waals surface area contributed by atoms with E-state index in [-0.39, 0.29) is 16.6 Å². The molecule has 0 bridgehead atoms. The first-order valence-electron chi connectivity index (χ1n) is 4.68. The van der Waals surface area contributed by atoms with E-state index in [4.69, 9.17) is 0 Å². The third-order valence-electron chi connectivity index (χ3n) is 2.40. The van der Waals surface area contributed by atoms with Crippen LogP contribution in [-0.4, -0.2) is 16.6 Å². The highest BCUT2D eigenvalue weighted by Gasteiger charge is 2.08. The van der Waals surface area contributed by atoms with E-state index in [1.54, 1.807) is 6.04 Å². The van der Waals surface area contributed by atoms with Gasteiger partial charge in [-0.1, -0.05) is 51.9 Å². The first-order chi connectivity index (χ1) is 4.68. The van der Waals surface area contributed by atoms with Crippen molar-refractivity contribution in [2.75, 3.05) is 0 Å². The molecule has 0 heterocycles. The topological polar surface area (TPSA) is 0 Å². The van der Waals surface area contributed by atoms with E-state index in [1.807, 2.05) is 0 Å². The molecule has 0 spiro atoms. The number of unbranched alkanes of at least 4 members (excludes halogenated alkanes) is 2. The first-order valence-corrected chi connectivity index (χ1v) is 11.6. The van der Waals surface area contributed by atoms with Gasteiger partial charge in [0, 0.05) is 16.6 Å². The van der Waals surface area contributed by atoms with Crippen LogP contribution in [0.3, 0.4) is 0 Å². The minimum Gasteiger partial charge on any atom is -0.0743 e. The Labute approximate surface area is 69.0 Å². The van der Waals surface area contributed by atoms with Crippen LogP contribution in [0, 0.1) is 0 Å². The molecule has 1 unspecified atom stereocenters. The molecule has 0 aliphatic rings. The van der Waals surface area contributed by atoms with Gasteiger partial charge in [-0.25, -0.2) is 0 Å². The fourth-order valence-electron chi connectivity index (χ4n) is 1.05. The van der Waals surface area contributed by atoms with Gasteiger partial charge in [-0.15, -0.1) is 0 Å². The van der Waals surface area contributed by atoms with E-state index in [1.165, 1.54) is 19.3 Å². The molecule has 0 radical (unpaired) electrons. The molecular formula is C8H22Si2. The molecule has 0 amide bonds. The van der Waals surface area contributed by atoms with Crippen LogP contribution in [0.15, 0.2) is 0 Å². The predicted octanol–water partition coefficient (Wildman–Crippen LogP) is 2.60. The van der Waals surface area contributed by atoms with Crippen LogP contribution in [0.1, 0.15) is 26.2 Å². The summed E-state index contributed by atoms with van der Waals surface area (Å²) in [6, 6.07) is 1.62. The van der Waals surface area contributed by atoms with Gasteiger partial charge in [0.1, 0.15) is 0 Å².